The molecule has 1 fully saturated rings. The lowest BCUT2D eigenvalue weighted by atomic mass is 9.89. The Morgan fingerprint density at radius 2 is 2.12 bits per heavy atom. The maximum absolute atomic E-state index is 13.0. The standard InChI is InChI=1S/C11H9FN2O2/c12-6-1-2-8-7(5-6)9(15)14-11(8)3-4-13-10(11)16/h1-2,5H,3-4H2,(H,13,16)(H,14,15). The molecule has 1 aromatic carbocycles. The van der Waals surface area contributed by atoms with E-state index in [1.807, 2.05) is 0 Å². The van der Waals surface area contributed by atoms with Crippen LogP contribution in [0.15, 0.2) is 18.2 Å². The molecule has 0 aromatic heterocycles. The number of rotatable bonds is 0. The molecule has 2 aliphatic rings. The van der Waals surface area contributed by atoms with Gasteiger partial charge in [-0.05, 0) is 17.7 Å². The van der Waals surface area contributed by atoms with Crippen LogP contribution < -0.4 is 10.6 Å². The Hall–Kier alpha value is -1.91. The molecule has 0 saturated carbocycles. The number of hydrogen-bond donors (Lipinski definition) is 2. The predicted octanol–water partition coefficient (Wildman–Crippen LogP) is 0.284. The van der Waals surface area contributed by atoms with Gasteiger partial charge >= 0.3 is 0 Å². The van der Waals surface area contributed by atoms with Crippen LogP contribution in [-0.4, -0.2) is 18.4 Å². The highest BCUT2D eigenvalue weighted by Crippen LogP contribution is 2.36. The largest absolute Gasteiger partial charge is 0.354 e. The third-order valence-electron chi connectivity index (χ3n) is 3.19. The summed E-state index contributed by atoms with van der Waals surface area (Å²) >= 11 is 0. The van der Waals surface area contributed by atoms with Gasteiger partial charge in [0.05, 0.1) is 0 Å². The minimum absolute atomic E-state index is 0.216. The highest BCUT2D eigenvalue weighted by atomic mass is 19.1. The maximum Gasteiger partial charge on any atom is 0.252 e. The van der Waals surface area contributed by atoms with Gasteiger partial charge in [-0.15, -0.1) is 0 Å². The van der Waals surface area contributed by atoms with E-state index < -0.39 is 11.4 Å². The van der Waals surface area contributed by atoms with Crippen molar-refractivity contribution in [2.45, 2.75) is 12.0 Å². The fourth-order valence-electron chi connectivity index (χ4n) is 2.41. The molecule has 1 saturated heterocycles. The molecule has 0 radical (unpaired) electrons. The van der Waals surface area contributed by atoms with Crippen molar-refractivity contribution in [3.8, 4) is 0 Å². The third kappa shape index (κ3) is 0.973. The Labute approximate surface area is 90.8 Å². The SMILES string of the molecule is O=C1NC2(CCNC2=O)c2ccc(F)cc21. The lowest BCUT2D eigenvalue weighted by Crippen LogP contribution is -2.45. The van der Waals surface area contributed by atoms with Gasteiger partial charge in [-0.2, -0.15) is 0 Å². The second kappa shape index (κ2) is 2.81. The van der Waals surface area contributed by atoms with Gasteiger partial charge in [-0.1, -0.05) is 6.07 Å². The zero-order valence-electron chi connectivity index (χ0n) is 8.34. The number of amides is 2. The molecule has 0 bridgehead atoms. The second-order valence-corrected chi connectivity index (χ2v) is 4.06. The molecular formula is C11H9FN2O2. The molecule has 2 N–H and O–H groups in total. The van der Waals surface area contributed by atoms with Crippen molar-refractivity contribution in [1.29, 1.82) is 0 Å². The monoisotopic (exact) mass is 220 g/mol. The van der Waals surface area contributed by atoms with Crippen LogP contribution in [0.25, 0.3) is 0 Å². The molecular weight excluding hydrogens is 211 g/mol. The molecule has 5 heteroatoms. The van der Waals surface area contributed by atoms with Crippen molar-refractivity contribution >= 4 is 11.8 Å². The molecule has 1 atom stereocenters. The first kappa shape index (κ1) is 9.33. The van der Waals surface area contributed by atoms with Crippen LogP contribution in [0, 0.1) is 5.82 Å². The fourth-order valence-corrected chi connectivity index (χ4v) is 2.41. The van der Waals surface area contributed by atoms with E-state index in [1.165, 1.54) is 18.2 Å². The van der Waals surface area contributed by atoms with Crippen molar-refractivity contribution in [3.63, 3.8) is 0 Å². The van der Waals surface area contributed by atoms with Crippen LogP contribution >= 0.6 is 0 Å². The van der Waals surface area contributed by atoms with Gasteiger partial charge in [0.25, 0.3) is 11.8 Å². The highest BCUT2D eigenvalue weighted by molar-refractivity contribution is 6.07. The summed E-state index contributed by atoms with van der Waals surface area (Å²) in [6.45, 7) is 0.524. The van der Waals surface area contributed by atoms with Gasteiger partial charge in [-0.25, -0.2) is 4.39 Å². The minimum atomic E-state index is -0.972. The van der Waals surface area contributed by atoms with Crippen molar-refractivity contribution in [3.05, 3.63) is 35.1 Å². The molecule has 2 amide bonds. The first-order chi connectivity index (χ1) is 7.63. The van der Waals surface area contributed by atoms with E-state index in [2.05, 4.69) is 10.6 Å². The van der Waals surface area contributed by atoms with E-state index >= 15 is 0 Å². The molecule has 1 aromatic rings. The Morgan fingerprint density at radius 3 is 2.81 bits per heavy atom. The average Bonchev–Trinajstić information content (AvgIpc) is 2.73. The summed E-state index contributed by atoms with van der Waals surface area (Å²) in [5.74, 6) is -1.07. The Morgan fingerprint density at radius 1 is 1.31 bits per heavy atom. The zero-order valence-corrected chi connectivity index (χ0v) is 8.34. The van der Waals surface area contributed by atoms with Gasteiger partial charge in [-0.3, -0.25) is 9.59 Å². The Balaban J connectivity index is 2.23. The quantitative estimate of drug-likeness (QED) is 0.660. The number of hydrogen-bond acceptors (Lipinski definition) is 2. The van der Waals surface area contributed by atoms with E-state index in [4.69, 9.17) is 0 Å². The first-order valence-corrected chi connectivity index (χ1v) is 5.04. The predicted molar refractivity (Wildman–Crippen MR) is 53.2 cm³/mol. The van der Waals surface area contributed by atoms with Crippen molar-refractivity contribution in [2.75, 3.05) is 6.54 Å². The summed E-state index contributed by atoms with van der Waals surface area (Å²) in [4.78, 5) is 23.4. The van der Waals surface area contributed by atoms with Gasteiger partial charge in [0.15, 0.2) is 0 Å². The van der Waals surface area contributed by atoms with Crippen LogP contribution in [0.4, 0.5) is 4.39 Å². The molecule has 1 unspecified atom stereocenters. The van der Waals surface area contributed by atoms with Crippen molar-refractivity contribution < 1.29 is 14.0 Å². The Bertz CT molecular complexity index is 515. The summed E-state index contributed by atoms with van der Waals surface area (Å²) in [6, 6.07) is 3.95. The number of nitrogens with one attached hydrogen (secondary N) is 2. The average molecular weight is 220 g/mol. The molecule has 0 aliphatic carbocycles. The molecule has 16 heavy (non-hydrogen) atoms. The van der Waals surface area contributed by atoms with Gasteiger partial charge in [0.1, 0.15) is 11.4 Å². The number of carbonyl (C=O) groups is 2. The lowest BCUT2D eigenvalue weighted by molar-refractivity contribution is -0.124. The fraction of sp³-hybridized carbons (Fsp3) is 0.273. The van der Waals surface area contributed by atoms with E-state index in [0.29, 0.717) is 18.5 Å². The van der Waals surface area contributed by atoms with E-state index in [1.54, 1.807) is 0 Å². The molecule has 4 nitrogen and oxygen atoms in total. The molecule has 1 spiro atoms. The van der Waals surface area contributed by atoms with Gasteiger partial charge in [0, 0.05) is 18.5 Å². The van der Waals surface area contributed by atoms with Crippen molar-refractivity contribution in [2.24, 2.45) is 0 Å². The van der Waals surface area contributed by atoms with Crippen LogP contribution in [0.3, 0.4) is 0 Å². The normalized spacial score (nSPS) is 26.8. The molecule has 82 valence electrons. The molecule has 2 heterocycles. The van der Waals surface area contributed by atoms with E-state index in [-0.39, 0.29) is 17.4 Å². The summed E-state index contributed by atoms with van der Waals surface area (Å²) in [6.07, 6.45) is 0.510. The summed E-state index contributed by atoms with van der Waals surface area (Å²) in [5.41, 5.74) is -0.133. The number of benzene rings is 1. The van der Waals surface area contributed by atoms with Crippen LogP contribution in [-0.2, 0) is 10.3 Å². The smallest absolute Gasteiger partial charge is 0.252 e. The number of carbonyl (C=O) groups excluding carboxylic acids is 2. The number of halogens is 1. The lowest BCUT2D eigenvalue weighted by Gasteiger charge is -2.20. The van der Waals surface area contributed by atoms with Crippen LogP contribution in [0.2, 0.25) is 0 Å². The first-order valence-electron chi connectivity index (χ1n) is 5.04. The van der Waals surface area contributed by atoms with Crippen molar-refractivity contribution in [1.82, 2.24) is 10.6 Å². The van der Waals surface area contributed by atoms with Crippen LogP contribution in [0.1, 0.15) is 22.3 Å². The Kier molecular flexibility index (Phi) is 1.64. The molecule has 2 aliphatic heterocycles. The second-order valence-electron chi connectivity index (χ2n) is 4.06. The summed E-state index contributed by atoms with van der Waals surface area (Å²) < 4.78 is 13.0. The number of fused-ring (bicyclic) bond motifs is 2. The summed E-state index contributed by atoms with van der Waals surface area (Å²) in [5, 5.41) is 5.33. The highest BCUT2D eigenvalue weighted by Gasteiger charge is 2.51. The summed E-state index contributed by atoms with van der Waals surface area (Å²) in [7, 11) is 0. The molecule has 3 rings (SSSR count). The van der Waals surface area contributed by atoms with Gasteiger partial charge < -0.3 is 10.6 Å². The van der Waals surface area contributed by atoms with E-state index in [0.717, 1.165) is 0 Å². The minimum Gasteiger partial charge on any atom is -0.354 e. The maximum atomic E-state index is 13.0. The van der Waals surface area contributed by atoms with Crippen LogP contribution in [0.5, 0.6) is 0 Å². The topological polar surface area (TPSA) is 58.2 Å². The van der Waals surface area contributed by atoms with E-state index in [9.17, 15) is 14.0 Å². The zero-order chi connectivity index (χ0) is 11.3. The van der Waals surface area contributed by atoms with Gasteiger partial charge in [0.2, 0.25) is 0 Å². The third-order valence-corrected chi connectivity index (χ3v) is 3.19.